The molecule has 0 aromatic rings. The van der Waals surface area contributed by atoms with Gasteiger partial charge in [0.1, 0.15) is 0 Å². The third-order valence-corrected chi connectivity index (χ3v) is 0.1000. The fraction of sp³-hybridized carbons (Fsp3) is 1.00. The third kappa shape index (κ3) is 390. The Kier molecular flexibility index (Phi) is 27.7. The van der Waals surface area contributed by atoms with Crippen molar-refractivity contribution in [2.45, 2.75) is 0 Å². The monoisotopic (exact) mass is 141 g/mol. The second-order valence-corrected chi connectivity index (χ2v) is 0.794. The van der Waals surface area contributed by atoms with Crippen LogP contribution in [0.15, 0.2) is 0 Å². The summed E-state index contributed by atoms with van der Waals surface area (Å²) in [4.78, 5) is 0. The summed E-state index contributed by atoms with van der Waals surface area (Å²) in [5.74, 6) is 0. The molecule has 0 fully saturated rings. The molecule has 0 amide bonds. The van der Waals surface area contributed by atoms with Crippen LogP contribution in [0.4, 0.5) is 0 Å². The van der Waals surface area contributed by atoms with Gasteiger partial charge in [-0.1, -0.05) is 0 Å². The number of aliphatic hydroxyl groups excluding tert-OH is 2. The van der Waals surface area contributed by atoms with Gasteiger partial charge in [0.2, 0.25) is 0 Å². The molecule has 0 saturated carbocycles. The van der Waals surface area contributed by atoms with E-state index in [1.807, 2.05) is 0 Å². The predicted molar refractivity (Wildman–Crippen MR) is 31.6 cm³/mol. The zero-order valence-electron chi connectivity index (χ0n) is 4.93. The van der Waals surface area contributed by atoms with Gasteiger partial charge in [0.05, 0.1) is 13.2 Å². The van der Waals surface area contributed by atoms with Crippen LogP contribution in [0.25, 0.3) is 0 Å². The molecule has 0 saturated heterocycles. The molecule has 0 aromatic heterocycles. The van der Waals surface area contributed by atoms with Gasteiger partial charge < -0.3 is 31.4 Å². The number of hydrogen-bond donors (Lipinski definition) is 6. The largest absolute Gasteiger partial charge is 0.631 e. The van der Waals surface area contributed by atoms with Crippen LogP contribution in [-0.4, -0.2) is 45.8 Å². The van der Waals surface area contributed by atoms with Gasteiger partial charge in [-0.3, -0.25) is 0 Å². The second-order valence-electron chi connectivity index (χ2n) is 0.794. The first kappa shape index (κ1) is 15.9. The lowest BCUT2D eigenvalue weighted by Crippen LogP contribution is -2.07. The van der Waals surface area contributed by atoms with Crippen molar-refractivity contribution in [1.29, 1.82) is 0 Å². The molecule has 0 radical (unpaired) electrons. The van der Waals surface area contributed by atoms with Crippen molar-refractivity contribution in [3.05, 3.63) is 0 Å². The molecule has 0 atom stereocenters. The van der Waals surface area contributed by atoms with Crippen molar-refractivity contribution in [3.63, 3.8) is 0 Å². The van der Waals surface area contributed by atoms with Crippen LogP contribution in [0.3, 0.4) is 0 Å². The molecule has 0 bridgehead atoms. The second kappa shape index (κ2) is 15.7. The molecular formula is C2H12BNO5. The SMILES string of the molecule is N.OB(O)O.OCCO. The first-order valence-electron chi connectivity index (χ1n) is 1.91. The van der Waals surface area contributed by atoms with Crippen molar-refractivity contribution in [3.8, 4) is 0 Å². The first-order valence-corrected chi connectivity index (χ1v) is 1.91. The van der Waals surface area contributed by atoms with Gasteiger partial charge in [0.15, 0.2) is 0 Å². The lowest BCUT2D eigenvalue weighted by atomic mass is 10.3. The normalized spacial score (nSPS) is 6.33. The molecule has 0 aromatic carbocycles. The Labute approximate surface area is 53.1 Å². The van der Waals surface area contributed by atoms with E-state index >= 15 is 0 Å². The molecule has 0 aliphatic heterocycles. The van der Waals surface area contributed by atoms with E-state index in [0.717, 1.165) is 0 Å². The first-order chi connectivity index (χ1) is 3.65. The van der Waals surface area contributed by atoms with Crippen molar-refractivity contribution in [2.24, 2.45) is 0 Å². The zero-order valence-corrected chi connectivity index (χ0v) is 4.93. The van der Waals surface area contributed by atoms with E-state index in [0.29, 0.717) is 0 Å². The maximum absolute atomic E-state index is 7.62. The molecule has 0 unspecified atom stereocenters. The summed E-state index contributed by atoms with van der Waals surface area (Å²) in [5.41, 5.74) is 0. The summed E-state index contributed by atoms with van der Waals surface area (Å²) in [6.07, 6.45) is 0. The van der Waals surface area contributed by atoms with E-state index < -0.39 is 7.32 Å². The van der Waals surface area contributed by atoms with Crippen LogP contribution in [0.2, 0.25) is 0 Å². The summed E-state index contributed by atoms with van der Waals surface area (Å²) >= 11 is 0. The minimum atomic E-state index is -2.17. The standard InChI is InChI=1S/C2H6O2.BH3O3.H3N/c3-1-2-4;2-1(3)4;/h3-4H,1-2H2;2-4H;1H3. The van der Waals surface area contributed by atoms with Gasteiger partial charge in [-0.05, 0) is 0 Å². The Bertz CT molecular complexity index is 31.4. The Morgan fingerprint density at radius 3 is 1.00 bits per heavy atom. The summed E-state index contributed by atoms with van der Waals surface area (Å²) in [5, 5.41) is 36.8. The average Bonchev–Trinajstić information content (AvgIpc) is 1.65. The lowest BCUT2D eigenvalue weighted by molar-refractivity contribution is 0.186. The van der Waals surface area contributed by atoms with Gasteiger partial charge in [0, 0.05) is 0 Å². The number of rotatable bonds is 1. The molecule has 7 heteroatoms. The van der Waals surface area contributed by atoms with Gasteiger partial charge >= 0.3 is 7.32 Å². The minimum Gasteiger partial charge on any atom is -0.402 e. The van der Waals surface area contributed by atoms with E-state index in [1.54, 1.807) is 0 Å². The summed E-state index contributed by atoms with van der Waals surface area (Å²) < 4.78 is 0. The Balaban J connectivity index is -0.0000000720. The van der Waals surface area contributed by atoms with E-state index in [2.05, 4.69) is 0 Å². The average molecular weight is 141 g/mol. The van der Waals surface area contributed by atoms with Crippen LogP contribution in [0.1, 0.15) is 0 Å². The highest BCUT2D eigenvalue weighted by atomic mass is 16.5. The molecule has 8 N–H and O–H groups in total. The Hall–Kier alpha value is -0.175. The number of aliphatic hydroxyl groups is 2. The number of hydrogen-bond acceptors (Lipinski definition) is 6. The lowest BCUT2D eigenvalue weighted by Gasteiger charge is -1.70. The van der Waals surface area contributed by atoms with E-state index in [9.17, 15) is 0 Å². The topological polar surface area (TPSA) is 136 Å². The molecule has 0 aliphatic rings. The third-order valence-electron chi connectivity index (χ3n) is 0.1000. The molecule has 6 nitrogen and oxygen atoms in total. The summed E-state index contributed by atoms with van der Waals surface area (Å²) in [6, 6.07) is 0. The van der Waals surface area contributed by atoms with Gasteiger partial charge in [-0.15, -0.1) is 0 Å². The van der Waals surface area contributed by atoms with Crippen molar-refractivity contribution >= 4 is 7.32 Å². The molecule has 58 valence electrons. The highest BCUT2D eigenvalue weighted by molar-refractivity contribution is 6.30. The smallest absolute Gasteiger partial charge is 0.402 e. The highest BCUT2D eigenvalue weighted by Gasteiger charge is 1.92. The molecule has 0 aliphatic carbocycles. The predicted octanol–water partition coefficient (Wildman–Crippen LogP) is -2.92. The summed E-state index contributed by atoms with van der Waals surface area (Å²) in [6.45, 7) is -0.250. The Morgan fingerprint density at radius 1 is 0.889 bits per heavy atom. The molecule has 0 spiro atoms. The fourth-order valence-corrected chi connectivity index (χ4v) is 0. The van der Waals surface area contributed by atoms with Crippen LogP contribution in [-0.2, 0) is 0 Å². The quantitative estimate of drug-likeness (QED) is 0.216. The van der Waals surface area contributed by atoms with Crippen LogP contribution < -0.4 is 6.15 Å². The maximum Gasteiger partial charge on any atom is 0.631 e. The highest BCUT2D eigenvalue weighted by Crippen LogP contribution is 1.40. The van der Waals surface area contributed by atoms with Crippen molar-refractivity contribution in [1.82, 2.24) is 6.15 Å². The molecule has 0 rings (SSSR count). The fourth-order valence-electron chi connectivity index (χ4n) is 0. The van der Waals surface area contributed by atoms with Crippen molar-refractivity contribution < 1.29 is 25.3 Å². The zero-order chi connectivity index (χ0) is 6.99. The van der Waals surface area contributed by atoms with Gasteiger partial charge in [-0.2, -0.15) is 0 Å². The summed E-state index contributed by atoms with van der Waals surface area (Å²) in [7, 11) is -2.17. The molecular weight excluding hydrogens is 129 g/mol. The van der Waals surface area contributed by atoms with Crippen molar-refractivity contribution in [2.75, 3.05) is 13.2 Å². The minimum absolute atomic E-state index is 0. The van der Waals surface area contributed by atoms with E-state index in [1.165, 1.54) is 0 Å². The van der Waals surface area contributed by atoms with Gasteiger partial charge in [0.25, 0.3) is 0 Å². The Morgan fingerprint density at radius 2 is 1.00 bits per heavy atom. The van der Waals surface area contributed by atoms with E-state index in [4.69, 9.17) is 25.3 Å². The molecule has 0 heterocycles. The van der Waals surface area contributed by atoms with Crippen LogP contribution in [0.5, 0.6) is 0 Å². The van der Waals surface area contributed by atoms with Crippen LogP contribution in [0, 0.1) is 0 Å². The van der Waals surface area contributed by atoms with Gasteiger partial charge in [-0.25, -0.2) is 0 Å². The van der Waals surface area contributed by atoms with E-state index in [-0.39, 0.29) is 19.4 Å². The van der Waals surface area contributed by atoms with Crippen LogP contribution >= 0.6 is 0 Å². The molecule has 9 heavy (non-hydrogen) atoms. The maximum atomic E-state index is 7.62.